The highest BCUT2D eigenvalue weighted by Gasteiger charge is 2.16. The molecule has 4 heteroatoms. The van der Waals surface area contributed by atoms with E-state index in [1.54, 1.807) is 0 Å². The van der Waals surface area contributed by atoms with Gasteiger partial charge in [-0.3, -0.25) is 10.3 Å². The fourth-order valence-electron chi connectivity index (χ4n) is 1.55. The van der Waals surface area contributed by atoms with Gasteiger partial charge in [0.2, 0.25) is 0 Å². The van der Waals surface area contributed by atoms with Crippen LogP contribution < -0.4 is 5.48 Å². The van der Waals surface area contributed by atoms with Crippen LogP contribution in [0.5, 0.6) is 0 Å². The molecule has 1 heterocycles. The van der Waals surface area contributed by atoms with Crippen molar-refractivity contribution in [1.82, 2.24) is 5.48 Å². The summed E-state index contributed by atoms with van der Waals surface area (Å²) in [5.74, 6) is 0. The van der Waals surface area contributed by atoms with Gasteiger partial charge in [0.25, 0.3) is 0 Å². The van der Waals surface area contributed by atoms with Crippen LogP contribution in [0.25, 0.3) is 5.70 Å². The monoisotopic (exact) mass is 232 g/mol. The summed E-state index contributed by atoms with van der Waals surface area (Å²) in [5.41, 5.74) is 5.06. The zero-order valence-electron chi connectivity index (χ0n) is 8.72. The van der Waals surface area contributed by atoms with Crippen molar-refractivity contribution >= 4 is 23.1 Å². The van der Waals surface area contributed by atoms with E-state index in [0.717, 1.165) is 17.7 Å². The van der Waals surface area contributed by atoms with Crippen LogP contribution in [0, 0.1) is 0 Å². The molecule has 0 saturated heterocycles. The maximum absolute atomic E-state index is 5.40. The summed E-state index contributed by atoms with van der Waals surface area (Å²) in [4.78, 5) is 9.26. The summed E-state index contributed by atoms with van der Waals surface area (Å²) in [5, 5.41) is 2.35. The normalized spacial score (nSPS) is 18.5. The molecule has 0 aromatic heterocycles. The van der Waals surface area contributed by atoms with E-state index in [0.29, 0.717) is 6.54 Å². The molecule has 0 radical (unpaired) electrons. The van der Waals surface area contributed by atoms with E-state index in [1.165, 1.54) is 0 Å². The van der Waals surface area contributed by atoms with Gasteiger partial charge in [0.1, 0.15) is 6.10 Å². The Morgan fingerprint density at radius 3 is 2.94 bits per heavy atom. The van der Waals surface area contributed by atoms with Crippen molar-refractivity contribution in [3.63, 3.8) is 0 Å². The predicted molar refractivity (Wildman–Crippen MR) is 66.9 cm³/mol. The van der Waals surface area contributed by atoms with E-state index in [9.17, 15) is 0 Å². The molecule has 1 unspecified atom stereocenters. The molecule has 0 fully saturated rings. The van der Waals surface area contributed by atoms with Gasteiger partial charge >= 0.3 is 0 Å². The molecule has 1 aromatic rings. The van der Waals surface area contributed by atoms with E-state index < -0.39 is 0 Å². The van der Waals surface area contributed by atoms with Gasteiger partial charge in [0, 0.05) is 6.42 Å². The molecule has 1 aromatic carbocycles. The molecule has 1 N–H and O–H groups in total. The molecule has 1 aliphatic rings. The molecule has 2 rings (SSSR count). The first-order chi connectivity index (χ1) is 7.90. The van der Waals surface area contributed by atoms with Gasteiger partial charge in [-0.15, -0.1) is 0 Å². The average molecular weight is 232 g/mol. The van der Waals surface area contributed by atoms with Gasteiger partial charge in [0.05, 0.1) is 17.4 Å². The Labute approximate surface area is 99.8 Å². The van der Waals surface area contributed by atoms with Gasteiger partial charge < -0.3 is 0 Å². The van der Waals surface area contributed by atoms with Crippen LogP contribution in [0.3, 0.4) is 0 Å². The van der Waals surface area contributed by atoms with Crippen LogP contribution in [0.2, 0.25) is 0 Å². The molecule has 0 amide bonds. The van der Waals surface area contributed by atoms with Crippen molar-refractivity contribution in [2.45, 2.75) is 12.5 Å². The van der Waals surface area contributed by atoms with Crippen molar-refractivity contribution in [3.8, 4) is 0 Å². The third-order valence-electron chi connectivity index (χ3n) is 2.35. The fourth-order valence-corrected chi connectivity index (χ4v) is 1.64. The Balaban J connectivity index is 1.98. The Morgan fingerprint density at radius 2 is 2.19 bits per heavy atom. The number of hydrogen-bond donors (Lipinski definition) is 1. The fraction of sp³-hybridized carbons (Fsp3) is 0.250. The second kappa shape index (κ2) is 5.56. The topological polar surface area (TPSA) is 33.6 Å². The highest BCUT2D eigenvalue weighted by atomic mass is 32.1. The Hall–Kier alpha value is -1.48. The quantitative estimate of drug-likeness (QED) is 0.639. The Bertz CT molecular complexity index is 424. The van der Waals surface area contributed by atoms with E-state index in [-0.39, 0.29) is 6.10 Å². The van der Waals surface area contributed by atoms with Crippen LogP contribution in [-0.4, -0.2) is 17.8 Å². The highest BCUT2D eigenvalue weighted by molar-refractivity contribution is 7.78. The SMILES string of the molecule is S=C=NCCC1C=C(c2ccccc2)NO1. The summed E-state index contributed by atoms with van der Waals surface area (Å²) < 4.78 is 0. The first-order valence-corrected chi connectivity index (χ1v) is 5.53. The number of benzene rings is 1. The van der Waals surface area contributed by atoms with Crippen LogP contribution >= 0.6 is 12.2 Å². The maximum Gasteiger partial charge on any atom is 0.108 e. The molecule has 0 saturated carbocycles. The third kappa shape index (κ3) is 2.76. The minimum Gasteiger partial charge on any atom is -0.268 e. The van der Waals surface area contributed by atoms with Crippen molar-refractivity contribution < 1.29 is 4.84 Å². The number of isothiocyanates is 1. The average Bonchev–Trinajstić information content (AvgIpc) is 2.79. The first kappa shape index (κ1) is 11.0. The predicted octanol–water partition coefficient (Wildman–Crippen LogP) is 2.42. The van der Waals surface area contributed by atoms with E-state index in [4.69, 9.17) is 4.84 Å². The van der Waals surface area contributed by atoms with E-state index in [2.05, 4.69) is 33.9 Å². The molecule has 1 atom stereocenters. The molecule has 82 valence electrons. The number of rotatable bonds is 4. The largest absolute Gasteiger partial charge is 0.268 e. The van der Waals surface area contributed by atoms with Gasteiger partial charge in [-0.25, -0.2) is 4.99 Å². The summed E-state index contributed by atoms with van der Waals surface area (Å²) in [6, 6.07) is 10.1. The zero-order chi connectivity index (χ0) is 11.2. The number of thiocarbonyl (C=S) groups is 1. The Morgan fingerprint density at radius 1 is 1.38 bits per heavy atom. The van der Waals surface area contributed by atoms with Crippen molar-refractivity contribution in [2.75, 3.05) is 6.54 Å². The number of nitrogens with one attached hydrogen (secondary N) is 1. The van der Waals surface area contributed by atoms with Crippen molar-refractivity contribution in [3.05, 3.63) is 42.0 Å². The third-order valence-corrected chi connectivity index (χ3v) is 2.48. The van der Waals surface area contributed by atoms with E-state index in [1.807, 2.05) is 30.3 Å². The lowest BCUT2D eigenvalue weighted by Gasteiger charge is -2.04. The first-order valence-electron chi connectivity index (χ1n) is 5.12. The standard InChI is InChI=1S/C12H12N2OS/c16-9-13-7-6-11-8-12(14-15-11)10-4-2-1-3-5-10/h1-5,8,11,14H,6-7H2. The second-order valence-corrected chi connectivity index (χ2v) is 3.65. The summed E-state index contributed by atoms with van der Waals surface area (Å²) >= 11 is 4.50. The summed E-state index contributed by atoms with van der Waals surface area (Å²) in [6.45, 7) is 0.647. The molecule has 0 aliphatic carbocycles. The van der Waals surface area contributed by atoms with Crippen molar-refractivity contribution in [1.29, 1.82) is 0 Å². The molecule has 0 bridgehead atoms. The smallest absolute Gasteiger partial charge is 0.108 e. The van der Waals surface area contributed by atoms with E-state index >= 15 is 0 Å². The number of aliphatic imine (C=N–C) groups is 1. The molecule has 1 aliphatic heterocycles. The van der Waals surface area contributed by atoms with Gasteiger partial charge in [0.15, 0.2) is 0 Å². The second-order valence-electron chi connectivity index (χ2n) is 3.47. The zero-order valence-corrected chi connectivity index (χ0v) is 9.54. The van der Waals surface area contributed by atoms with Gasteiger partial charge in [-0.05, 0) is 23.9 Å². The van der Waals surface area contributed by atoms with Crippen LogP contribution in [0.1, 0.15) is 12.0 Å². The summed E-state index contributed by atoms with van der Waals surface area (Å²) in [7, 11) is 0. The van der Waals surface area contributed by atoms with Crippen LogP contribution in [-0.2, 0) is 4.84 Å². The molecular formula is C12H12N2OS. The molecule has 16 heavy (non-hydrogen) atoms. The molecular weight excluding hydrogens is 220 g/mol. The van der Waals surface area contributed by atoms with Crippen LogP contribution in [0.4, 0.5) is 0 Å². The number of hydrogen-bond acceptors (Lipinski definition) is 4. The van der Waals surface area contributed by atoms with Crippen LogP contribution in [0.15, 0.2) is 41.4 Å². The lowest BCUT2D eigenvalue weighted by Crippen LogP contribution is -2.12. The Kier molecular flexibility index (Phi) is 3.83. The lowest BCUT2D eigenvalue weighted by molar-refractivity contribution is 0.0483. The highest BCUT2D eigenvalue weighted by Crippen LogP contribution is 2.19. The number of nitrogens with zero attached hydrogens (tertiary/aromatic N) is 1. The molecule has 0 spiro atoms. The number of hydroxylamine groups is 1. The minimum atomic E-state index is 0.0577. The minimum absolute atomic E-state index is 0.0577. The van der Waals surface area contributed by atoms with Crippen molar-refractivity contribution in [2.24, 2.45) is 4.99 Å². The van der Waals surface area contributed by atoms with Gasteiger partial charge in [-0.2, -0.15) is 0 Å². The maximum atomic E-state index is 5.40. The molecule has 3 nitrogen and oxygen atoms in total. The lowest BCUT2D eigenvalue weighted by atomic mass is 10.1. The van der Waals surface area contributed by atoms with Gasteiger partial charge in [-0.1, -0.05) is 30.3 Å². The summed E-state index contributed by atoms with van der Waals surface area (Å²) in [6.07, 6.45) is 2.93.